The van der Waals surface area contributed by atoms with E-state index in [2.05, 4.69) is 38.1 Å². The van der Waals surface area contributed by atoms with Gasteiger partial charge in [-0.1, -0.05) is 0 Å². The van der Waals surface area contributed by atoms with Crippen LogP contribution in [0.4, 0.5) is 5.69 Å². The average molecular weight is 282 g/mol. The second-order valence-electron chi connectivity index (χ2n) is 3.72. The minimum absolute atomic E-state index is 0.0152. The molecule has 0 spiro atoms. The third kappa shape index (κ3) is 2.22. The van der Waals surface area contributed by atoms with Crippen molar-refractivity contribution in [1.82, 2.24) is 0 Å². The topological polar surface area (TPSA) is 15.6 Å². The van der Waals surface area contributed by atoms with Gasteiger partial charge in [-0.05, 0) is 0 Å². The first-order valence-electron chi connectivity index (χ1n) is 5.47. The van der Waals surface area contributed by atoms with Gasteiger partial charge in [0.25, 0.3) is 0 Å². The van der Waals surface area contributed by atoms with Crippen molar-refractivity contribution < 1.29 is 0 Å². The zero-order chi connectivity index (χ0) is 11.5. The Morgan fingerprint density at radius 2 is 1.47 bits per heavy atom. The van der Waals surface area contributed by atoms with Crippen molar-refractivity contribution in [3.8, 4) is 0 Å². The number of hydrogen-bond donors (Lipinski definition) is 0. The van der Waals surface area contributed by atoms with Crippen LogP contribution in [-0.2, 0) is 0 Å². The maximum absolute atomic E-state index is 4.66. The van der Waals surface area contributed by atoms with Gasteiger partial charge in [0, 0.05) is 0 Å². The molecule has 0 bridgehead atoms. The molecule has 3 heteroatoms. The van der Waals surface area contributed by atoms with E-state index in [9.17, 15) is 0 Å². The van der Waals surface area contributed by atoms with Crippen molar-refractivity contribution in [2.75, 3.05) is 3.93 Å². The second kappa shape index (κ2) is 4.68. The van der Waals surface area contributed by atoms with Gasteiger partial charge in [-0.25, -0.2) is 0 Å². The van der Waals surface area contributed by atoms with E-state index in [0.717, 1.165) is 5.71 Å². The van der Waals surface area contributed by atoms with E-state index in [0.29, 0.717) is 0 Å². The number of benzene rings is 2. The predicted octanol–water partition coefficient (Wildman–Crippen LogP) is 2.33. The van der Waals surface area contributed by atoms with Gasteiger partial charge in [0.2, 0.25) is 0 Å². The van der Waals surface area contributed by atoms with Crippen molar-refractivity contribution in [1.29, 1.82) is 0 Å². The number of hydrazone groups is 1. The molecule has 1 aliphatic heterocycles. The van der Waals surface area contributed by atoms with Crippen LogP contribution in [0.5, 0.6) is 0 Å². The van der Waals surface area contributed by atoms with Gasteiger partial charge in [-0.15, -0.1) is 0 Å². The molecule has 17 heavy (non-hydrogen) atoms. The van der Waals surface area contributed by atoms with Crippen LogP contribution in [0, 0.1) is 0 Å². The first-order valence-corrected chi connectivity index (χ1v) is 7.39. The van der Waals surface area contributed by atoms with Crippen LogP contribution in [0.2, 0.25) is 0 Å². The fourth-order valence-corrected chi connectivity index (χ4v) is 3.44. The van der Waals surface area contributed by atoms with Crippen molar-refractivity contribution >= 4 is 31.7 Å². The van der Waals surface area contributed by atoms with Crippen LogP contribution in [0.15, 0.2) is 65.8 Å². The molecule has 0 unspecified atom stereocenters. The van der Waals surface area contributed by atoms with Gasteiger partial charge in [-0.3, -0.25) is 0 Å². The molecule has 0 saturated heterocycles. The van der Waals surface area contributed by atoms with E-state index in [-0.39, 0.29) is 15.5 Å². The Balaban J connectivity index is 1.91. The Labute approximate surface area is 107 Å². The summed E-state index contributed by atoms with van der Waals surface area (Å²) in [7, 11) is 0. The molecule has 1 aliphatic rings. The molecule has 0 fully saturated rings. The summed E-state index contributed by atoms with van der Waals surface area (Å²) in [6.45, 7) is 0. The summed E-state index contributed by atoms with van der Waals surface area (Å²) in [6, 6.07) is 20.7. The molecule has 0 radical (unpaired) electrons. The third-order valence-electron chi connectivity index (χ3n) is 2.55. The van der Waals surface area contributed by atoms with Crippen LogP contribution in [0.3, 0.4) is 0 Å². The molecule has 3 rings (SSSR count). The molecule has 2 aromatic carbocycles. The van der Waals surface area contributed by atoms with Crippen molar-refractivity contribution in [2.24, 2.45) is 5.10 Å². The van der Waals surface area contributed by atoms with Crippen LogP contribution < -0.4 is 3.93 Å². The normalized spacial score (nSPS) is 14.8. The van der Waals surface area contributed by atoms with Gasteiger partial charge in [0.1, 0.15) is 0 Å². The molecule has 0 atom stereocenters. The van der Waals surface area contributed by atoms with Gasteiger partial charge >= 0.3 is 107 Å². The molecule has 2 aromatic rings. The Hall–Kier alpha value is -1.66. The average Bonchev–Trinajstić information content (AvgIpc) is 2.90. The second-order valence-corrected chi connectivity index (χ2v) is 5.54. The SMILES string of the molecule is C1=[As]N(c2ccccc2)N=C1c1ccccc1. The third-order valence-corrected chi connectivity index (χ3v) is 4.44. The number of para-hydroxylation sites is 1. The first kappa shape index (κ1) is 10.5. The number of hydrogen-bond acceptors (Lipinski definition) is 2. The zero-order valence-electron chi connectivity index (χ0n) is 9.19. The molecule has 0 N–H and O–H groups in total. The predicted molar refractivity (Wildman–Crippen MR) is 73.7 cm³/mol. The molecule has 1 heterocycles. The van der Waals surface area contributed by atoms with Gasteiger partial charge in [0.05, 0.1) is 0 Å². The van der Waals surface area contributed by atoms with Crippen LogP contribution >= 0.6 is 0 Å². The Bertz CT molecular complexity index is 561. The Kier molecular flexibility index (Phi) is 2.89. The van der Waals surface area contributed by atoms with Crippen molar-refractivity contribution in [3.05, 3.63) is 66.2 Å². The van der Waals surface area contributed by atoms with E-state index in [1.807, 2.05) is 36.4 Å². The number of nitrogens with zero attached hydrogens (tertiary/aromatic N) is 2. The number of anilines is 1. The number of rotatable bonds is 2. The summed E-state index contributed by atoms with van der Waals surface area (Å²) >= 11 is -0.0152. The van der Waals surface area contributed by atoms with E-state index in [1.54, 1.807) is 0 Å². The maximum atomic E-state index is 4.66. The fraction of sp³-hybridized carbons (Fsp3) is 0. The summed E-state index contributed by atoms with van der Waals surface area (Å²) in [5.41, 5.74) is 3.46. The van der Waals surface area contributed by atoms with Crippen LogP contribution in [-0.4, -0.2) is 26.1 Å². The molecule has 82 valence electrons. The summed E-state index contributed by atoms with van der Waals surface area (Å²) in [6.07, 6.45) is 0. The standard InChI is InChI=1S/C14H11AsN2/c1-3-7-12(8-4-1)14-11-15-17(16-14)13-9-5-2-6-10-13/h1-11H. The monoisotopic (exact) mass is 282 g/mol. The van der Waals surface area contributed by atoms with Crippen molar-refractivity contribution in [3.63, 3.8) is 0 Å². The molecular weight excluding hydrogens is 271 g/mol. The van der Waals surface area contributed by atoms with Gasteiger partial charge in [-0.2, -0.15) is 0 Å². The summed E-state index contributed by atoms with van der Waals surface area (Å²) in [5, 5.41) is 4.66. The zero-order valence-corrected chi connectivity index (χ0v) is 11.1. The summed E-state index contributed by atoms with van der Waals surface area (Å²) in [5.74, 6) is 0. The molecule has 0 amide bonds. The Morgan fingerprint density at radius 1 is 0.824 bits per heavy atom. The Morgan fingerprint density at radius 3 is 2.18 bits per heavy atom. The first-order chi connectivity index (χ1) is 8.43. The minimum atomic E-state index is -0.0152. The fourth-order valence-electron chi connectivity index (χ4n) is 1.69. The van der Waals surface area contributed by atoms with E-state index in [1.165, 1.54) is 11.3 Å². The molecule has 0 aromatic heterocycles. The van der Waals surface area contributed by atoms with Gasteiger partial charge < -0.3 is 0 Å². The van der Waals surface area contributed by atoms with E-state index >= 15 is 0 Å². The van der Waals surface area contributed by atoms with Crippen molar-refractivity contribution in [2.45, 2.75) is 0 Å². The van der Waals surface area contributed by atoms with Crippen LogP contribution in [0.1, 0.15) is 5.56 Å². The molecular formula is C14H11AsN2. The molecule has 0 aliphatic carbocycles. The summed E-state index contributed by atoms with van der Waals surface area (Å²) in [4.78, 5) is 2.25. The van der Waals surface area contributed by atoms with E-state index < -0.39 is 0 Å². The van der Waals surface area contributed by atoms with E-state index in [4.69, 9.17) is 0 Å². The molecule has 2 nitrogen and oxygen atoms in total. The molecule has 0 saturated carbocycles. The quantitative estimate of drug-likeness (QED) is 0.772. The summed E-state index contributed by atoms with van der Waals surface area (Å²) < 4.78 is 2.11. The van der Waals surface area contributed by atoms with Gasteiger partial charge in [0.15, 0.2) is 0 Å². The van der Waals surface area contributed by atoms with Crippen LogP contribution in [0.25, 0.3) is 0 Å².